The van der Waals surface area contributed by atoms with Crippen molar-refractivity contribution in [1.29, 1.82) is 0 Å². The molecule has 0 spiro atoms. The lowest BCUT2D eigenvalue weighted by molar-refractivity contribution is -0.113. The number of carbonyl (C=O) groups excluding carboxylic acids is 2. The van der Waals surface area contributed by atoms with Gasteiger partial charge in [-0.15, -0.1) is 0 Å². The molecule has 3 aromatic rings. The summed E-state index contributed by atoms with van der Waals surface area (Å²) in [4.78, 5) is 28.6. The van der Waals surface area contributed by atoms with Crippen LogP contribution in [-0.2, 0) is 35.4 Å². The van der Waals surface area contributed by atoms with E-state index >= 15 is 0 Å². The Hall–Kier alpha value is -3.50. The van der Waals surface area contributed by atoms with Crippen LogP contribution in [0.3, 0.4) is 0 Å². The maximum atomic E-state index is 13.8. The molecule has 2 aromatic carbocycles. The lowest BCUT2D eigenvalue weighted by atomic mass is 10.0. The molecule has 41 heavy (non-hydrogen) atoms. The Morgan fingerprint density at radius 3 is 2.49 bits per heavy atom. The van der Waals surface area contributed by atoms with E-state index in [9.17, 15) is 14.1 Å². The van der Waals surface area contributed by atoms with Gasteiger partial charge in [-0.2, -0.15) is 5.10 Å². The molecule has 1 aliphatic heterocycles. The van der Waals surface area contributed by atoms with Gasteiger partial charge < -0.3 is 24.8 Å². The SMILES string of the molecule is CCc1cc(N2CC(Oc3ccccc3)C2)ccc1NC(=O)c1c(CC)nn(CCC2CC2)c1NC(=O)C[S+](C)[O-]. The van der Waals surface area contributed by atoms with Crippen molar-refractivity contribution in [1.82, 2.24) is 9.78 Å². The molecule has 2 aliphatic rings. The molecular weight excluding hydrogens is 538 g/mol. The van der Waals surface area contributed by atoms with Gasteiger partial charge >= 0.3 is 0 Å². The highest BCUT2D eigenvalue weighted by atomic mass is 32.2. The maximum absolute atomic E-state index is 13.8. The average molecular weight is 578 g/mol. The van der Waals surface area contributed by atoms with E-state index in [1.807, 2.05) is 49.4 Å². The second kappa shape index (κ2) is 13.0. The van der Waals surface area contributed by atoms with E-state index in [-0.39, 0.29) is 17.8 Å². The third-order valence-corrected chi connectivity index (χ3v) is 8.27. The predicted octanol–water partition coefficient (Wildman–Crippen LogP) is 4.64. The van der Waals surface area contributed by atoms with Crippen molar-refractivity contribution in [3.05, 3.63) is 65.4 Å². The molecule has 1 unspecified atom stereocenters. The Bertz CT molecular complexity index is 1370. The molecule has 1 atom stereocenters. The van der Waals surface area contributed by atoms with Gasteiger partial charge in [0.15, 0.2) is 5.75 Å². The monoisotopic (exact) mass is 577 g/mol. The molecule has 2 N–H and O–H groups in total. The quantitative estimate of drug-likeness (QED) is 0.286. The first-order valence-corrected chi connectivity index (χ1v) is 16.2. The summed E-state index contributed by atoms with van der Waals surface area (Å²) in [7, 11) is 0. The summed E-state index contributed by atoms with van der Waals surface area (Å²) in [6, 6.07) is 15.9. The summed E-state index contributed by atoms with van der Waals surface area (Å²) < 4.78 is 19.5. The molecular formula is C31H39N5O4S. The van der Waals surface area contributed by atoms with Crippen LogP contribution >= 0.6 is 0 Å². The van der Waals surface area contributed by atoms with Crippen LogP contribution in [0.2, 0.25) is 0 Å². The number of carbonyl (C=O) groups is 2. The molecule has 0 radical (unpaired) electrons. The first-order valence-electron chi connectivity index (χ1n) is 14.4. The number of nitrogens with zero attached hydrogens (tertiary/aromatic N) is 3. The highest BCUT2D eigenvalue weighted by molar-refractivity contribution is 7.91. The number of aryl methyl sites for hydroxylation is 3. The van der Waals surface area contributed by atoms with Gasteiger partial charge in [0.1, 0.15) is 23.2 Å². The molecule has 10 heteroatoms. The number of ether oxygens (including phenoxy) is 1. The van der Waals surface area contributed by atoms with Gasteiger partial charge in [0, 0.05) is 17.9 Å². The molecule has 2 heterocycles. The normalized spacial score (nSPS) is 15.8. The molecule has 5 rings (SSSR count). The lowest BCUT2D eigenvalue weighted by Gasteiger charge is -2.41. The number of amides is 2. The minimum Gasteiger partial charge on any atom is -0.616 e. The first kappa shape index (κ1) is 29.0. The second-order valence-electron chi connectivity index (χ2n) is 10.9. The van der Waals surface area contributed by atoms with E-state index in [0.717, 1.165) is 48.6 Å². The van der Waals surface area contributed by atoms with Gasteiger partial charge in [-0.25, -0.2) is 4.68 Å². The fourth-order valence-corrected chi connectivity index (χ4v) is 5.58. The summed E-state index contributed by atoms with van der Waals surface area (Å²) in [5.41, 5.74) is 3.85. The number of nitrogens with one attached hydrogen (secondary N) is 2. The fourth-order valence-electron chi connectivity index (χ4n) is 5.14. The van der Waals surface area contributed by atoms with E-state index in [4.69, 9.17) is 9.84 Å². The Morgan fingerprint density at radius 2 is 1.83 bits per heavy atom. The topological polar surface area (TPSA) is 112 Å². The molecule has 2 amide bonds. The average Bonchev–Trinajstić information content (AvgIpc) is 3.70. The standard InChI is InChI=1S/C31H39N5O4S/c1-4-22-17-23(35-18-25(19-35)40-24-9-7-6-8-10-24)13-14-27(22)32-31(38)29-26(5-2)34-36(16-15-21-11-12-21)30(29)33-28(37)20-41(3)39/h6-10,13-14,17,21,25H,4-5,11-12,15-16,18-20H2,1-3H3,(H,32,38)(H,33,37). The Kier molecular flexibility index (Phi) is 9.19. The minimum absolute atomic E-state index is 0.133. The van der Waals surface area contributed by atoms with E-state index < -0.39 is 17.1 Å². The summed E-state index contributed by atoms with van der Waals surface area (Å²) in [6.45, 7) is 6.24. The van der Waals surface area contributed by atoms with Gasteiger partial charge in [-0.3, -0.25) is 9.59 Å². The van der Waals surface area contributed by atoms with Crippen LogP contribution in [0.5, 0.6) is 5.75 Å². The summed E-state index contributed by atoms with van der Waals surface area (Å²) in [5, 5.41) is 10.7. The number of para-hydroxylation sites is 1. The van der Waals surface area contributed by atoms with Crippen molar-refractivity contribution in [2.45, 2.75) is 58.6 Å². The molecule has 1 saturated carbocycles. The third-order valence-electron chi connectivity index (χ3n) is 7.60. The maximum Gasteiger partial charge on any atom is 0.275 e. The van der Waals surface area contributed by atoms with Gasteiger partial charge in [0.25, 0.3) is 11.8 Å². The lowest BCUT2D eigenvalue weighted by Crippen LogP contribution is -2.54. The van der Waals surface area contributed by atoms with E-state index in [2.05, 4.69) is 28.5 Å². The van der Waals surface area contributed by atoms with Gasteiger partial charge in [0.2, 0.25) is 0 Å². The smallest absolute Gasteiger partial charge is 0.275 e. The zero-order valence-electron chi connectivity index (χ0n) is 24.0. The van der Waals surface area contributed by atoms with Crippen molar-refractivity contribution >= 4 is 40.2 Å². The Labute approximate surface area is 244 Å². The predicted molar refractivity (Wildman–Crippen MR) is 163 cm³/mol. The number of benzene rings is 2. The molecule has 1 saturated heterocycles. The first-order chi connectivity index (χ1) is 19.8. The van der Waals surface area contributed by atoms with Gasteiger partial charge in [-0.1, -0.05) is 44.9 Å². The van der Waals surface area contributed by atoms with Crippen molar-refractivity contribution in [2.75, 3.05) is 40.6 Å². The third kappa shape index (κ3) is 7.23. The van der Waals surface area contributed by atoms with E-state index in [1.165, 1.54) is 19.1 Å². The number of anilines is 3. The molecule has 1 aliphatic carbocycles. The number of rotatable bonds is 13. The Morgan fingerprint density at radius 1 is 1.07 bits per heavy atom. The van der Waals surface area contributed by atoms with E-state index in [0.29, 0.717) is 36.0 Å². The summed E-state index contributed by atoms with van der Waals surface area (Å²) in [5.74, 6) is 1.10. The molecule has 1 aromatic heterocycles. The van der Waals surface area contributed by atoms with Crippen LogP contribution in [0.1, 0.15) is 54.7 Å². The Balaban J connectivity index is 1.31. The molecule has 9 nitrogen and oxygen atoms in total. The van der Waals surface area contributed by atoms with Crippen LogP contribution in [-0.4, -0.2) is 57.3 Å². The van der Waals surface area contributed by atoms with Gasteiger partial charge in [-0.05, 0) is 72.3 Å². The fraction of sp³-hybridized carbons (Fsp3) is 0.452. The van der Waals surface area contributed by atoms with Crippen LogP contribution in [0.25, 0.3) is 0 Å². The van der Waals surface area contributed by atoms with Crippen LogP contribution in [0.15, 0.2) is 48.5 Å². The second-order valence-corrected chi connectivity index (χ2v) is 12.3. The minimum atomic E-state index is -1.29. The molecule has 0 bridgehead atoms. The zero-order chi connectivity index (χ0) is 28.9. The summed E-state index contributed by atoms with van der Waals surface area (Å²) >= 11 is -1.29. The highest BCUT2D eigenvalue weighted by Gasteiger charge is 2.30. The molecule has 2 fully saturated rings. The number of aromatic nitrogens is 2. The van der Waals surface area contributed by atoms with Gasteiger partial charge in [0.05, 0.1) is 25.0 Å². The number of hydrogen-bond donors (Lipinski definition) is 2. The van der Waals surface area contributed by atoms with E-state index in [1.54, 1.807) is 4.68 Å². The van der Waals surface area contributed by atoms with Crippen molar-refractivity contribution in [2.24, 2.45) is 5.92 Å². The van der Waals surface area contributed by atoms with Crippen LogP contribution < -0.4 is 20.3 Å². The van der Waals surface area contributed by atoms with Crippen LogP contribution in [0.4, 0.5) is 17.2 Å². The summed E-state index contributed by atoms with van der Waals surface area (Å²) in [6.07, 6.45) is 6.28. The largest absolute Gasteiger partial charge is 0.616 e. The van der Waals surface area contributed by atoms with Crippen molar-refractivity contribution in [3.63, 3.8) is 0 Å². The van der Waals surface area contributed by atoms with Crippen LogP contribution in [0, 0.1) is 5.92 Å². The van der Waals surface area contributed by atoms with Crippen molar-refractivity contribution in [3.8, 4) is 5.75 Å². The highest BCUT2D eigenvalue weighted by Crippen LogP contribution is 2.34. The number of hydrogen-bond acceptors (Lipinski definition) is 6. The molecule has 218 valence electrons. The zero-order valence-corrected chi connectivity index (χ0v) is 24.8. The van der Waals surface area contributed by atoms with Crippen molar-refractivity contribution < 1.29 is 18.9 Å².